The van der Waals surface area contributed by atoms with E-state index in [0.717, 1.165) is 22.6 Å². The van der Waals surface area contributed by atoms with E-state index in [1.54, 1.807) is 7.11 Å². The highest BCUT2D eigenvalue weighted by molar-refractivity contribution is 6.05. The molecule has 1 heterocycles. The van der Waals surface area contributed by atoms with Gasteiger partial charge in [0.2, 0.25) is 5.91 Å². The Hall–Kier alpha value is -2.29. The standard InChI is InChI=1S/C15H13NO2/c1-18-11-8-6-10(7-9-11)14-12-4-2-3-5-13(12)16-15(14)17/h2-9,14H,1H3,(H,16,17). The summed E-state index contributed by atoms with van der Waals surface area (Å²) in [6.45, 7) is 0. The summed E-state index contributed by atoms with van der Waals surface area (Å²) in [6, 6.07) is 15.4. The maximum Gasteiger partial charge on any atom is 0.236 e. The van der Waals surface area contributed by atoms with E-state index >= 15 is 0 Å². The van der Waals surface area contributed by atoms with Crippen LogP contribution in [0.2, 0.25) is 0 Å². The van der Waals surface area contributed by atoms with Crippen LogP contribution in [0, 0.1) is 0 Å². The minimum absolute atomic E-state index is 0.0290. The Balaban J connectivity index is 2.03. The van der Waals surface area contributed by atoms with Crippen LogP contribution in [-0.4, -0.2) is 13.0 Å². The number of anilines is 1. The van der Waals surface area contributed by atoms with Gasteiger partial charge in [0.05, 0.1) is 13.0 Å². The number of rotatable bonds is 2. The lowest BCUT2D eigenvalue weighted by Gasteiger charge is -2.09. The molecule has 0 saturated carbocycles. The maximum absolute atomic E-state index is 12.0. The Labute approximate surface area is 105 Å². The number of para-hydroxylation sites is 1. The number of methoxy groups -OCH3 is 1. The van der Waals surface area contributed by atoms with Crippen molar-refractivity contribution in [1.82, 2.24) is 0 Å². The molecule has 0 spiro atoms. The van der Waals surface area contributed by atoms with Crippen LogP contribution in [-0.2, 0) is 4.79 Å². The summed E-state index contributed by atoms with van der Waals surface area (Å²) in [6.07, 6.45) is 0. The van der Waals surface area contributed by atoms with E-state index in [2.05, 4.69) is 5.32 Å². The number of nitrogens with one attached hydrogen (secondary N) is 1. The van der Waals surface area contributed by atoms with Crippen molar-refractivity contribution in [2.75, 3.05) is 12.4 Å². The van der Waals surface area contributed by atoms with Crippen LogP contribution in [0.4, 0.5) is 5.69 Å². The zero-order valence-corrected chi connectivity index (χ0v) is 10.0. The third kappa shape index (κ3) is 1.64. The molecule has 18 heavy (non-hydrogen) atoms. The van der Waals surface area contributed by atoms with Gasteiger partial charge in [0.1, 0.15) is 5.75 Å². The van der Waals surface area contributed by atoms with Crippen molar-refractivity contribution in [1.29, 1.82) is 0 Å². The molecule has 0 aromatic heterocycles. The average Bonchev–Trinajstić information content (AvgIpc) is 2.75. The normalized spacial score (nSPS) is 17.2. The summed E-state index contributed by atoms with van der Waals surface area (Å²) in [5.41, 5.74) is 2.93. The van der Waals surface area contributed by atoms with Gasteiger partial charge in [-0.2, -0.15) is 0 Å². The van der Waals surface area contributed by atoms with Crippen LogP contribution in [0.25, 0.3) is 0 Å². The van der Waals surface area contributed by atoms with E-state index in [1.165, 1.54) is 0 Å². The van der Waals surface area contributed by atoms with Gasteiger partial charge in [-0.3, -0.25) is 4.79 Å². The van der Waals surface area contributed by atoms with E-state index in [-0.39, 0.29) is 11.8 Å². The van der Waals surface area contributed by atoms with Crippen molar-refractivity contribution in [2.45, 2.75) is 5.92 Å². The number of hydrogen-bond donors (Lipinski definition) is 1. The molecular formula is C15H13NO2. The zero-order chi connectivity index (χ0) is 12.5. The first-order valence-electron chi connectivity index (χ1n) is 5.83. The molecule has 1 N–H and O–H groups in total. The van der Waals surface area contributed by atoms with Gasteiger partial charge >= 0.3 is 0 Å². The van der Waals surface area contributed by atoms with Gasteiger partial charge in [-0.25, -0.2) is 0 Å². The monoisotopic (exact) mass is 239 g/mol. The third-order valence-corrected chi connectivity index (χ3v) is 3.24. The average molecular weight is 239 g/mol. The molecule has 0 saturated heterocycles. The Bertz CT molecular complexity index is 590. The summed E-state index contributed by atoms with van der Waals surface area (Å²) in [5.74, 6) is 0.610. The number of ether oxygens (including phenoxy) is 1. The summed E-state index contributed by atoms with van der Waals surface area (Å²) >= 11 is 0. The molecule has 0 radical (unpaired) electrons. The van der Waals surface area contributed by atoms with E-state index in [1.807, 2.05) is 48.5 Å². The van der Waals surface area contributed by atoms with Gasteiger partial charge in [-0.05, 0) is 29.3 Å². The maximum atomic E-state index is 12.0. The Morgan fingerprint density at radius 2 is 1.78 bits per heavy atom. The van der Waals surface area contributed by atoms with E-state index in [0.29, 0.717) is 0 Å². The van der Waals surface area contributed by atoms with Crippen molar-refractivity contribution < 1.29 is 9.53 Å². The summed E-state index contributed by atoms with van der Waals surface area (Å²) in [5, 5.41) is 2.90. The number of benzene rings is 2. The molecule has 0 bridgehead atoms. The highest BCUT2D eigenvalue weighted by atomic mass is 16.5. The molecule has 1 atom stereocenters. The molecule has 1 aliphatic rings. The molecule has 3 nitrogen and oxygen atoms in total. The van der Waals surface area contributed by atoms with Gasteiger partial charge in [-0.15, -0.1) is 0 Å². The molecule has 90 valence electrons. The summed E-state index contributed by atoms with van der Waals surface area (Å²) < 4.78 is 5.13. The molecule has 1 amide bonds. The Morgan fingerprint density at radius 1 is 1.06 bits per heavy atom. The van der Waals surface area contributed by atoms with Crippen LogP contribution >= 0.6 is 0 Å². The molecule has 3 heteroatoms. The number of hydrogen-bond acceptors (Lipinski definition) is 2. The SMILES string of the molecule is COc1ccc(C2C(=O)Nc3ccccc32)cc1. The molecule has 0 fully saturated rings. The lowest BCUT2D eigenvalue weighted by molar-refractivity contribution is -0.116. The smallest absolute Gasteiger partial charge is 0.236 e. The predicted molar refractivity (Wildman–Crippen MR) is 69.9 cm³/mol. The number of carbonyl (C=O) groups excluding carboxylic acids is 1. The van der Waals surface area contributed by atoms with Crippen LogP contribution in [0.5, 0.6) is 5.75 Å². The second-order valence-corrected chi connectivity index (χ2v) is 4.28. The second kappa shape index (κ2) is 4.18. The summed E-state index contributed by atoms with van der Waals surface area (Å²) in [7, 11) is 1.63. The van der Waals surface area contributed by atoms with E-state index in [4.69, 9.17) is 4.74 Å². The minimum atomic E-state index is -0.216. The molecule has 2 aromatic carbocycles. The van der Waals surface area contributed by atoms with Crippen LogP contribution in [0.1, 0.15) is 17.0 Å². The first-order chi connectivity index (χ1) is 8.79. The van der Waals surface area contributed by atoms with E-state index in [9.17, 15) is 4.79 Å². The fourth-order valence-electron chi connectivity index (χ4n) is 2.34. The zero-order valence-electron chi connectivity index (χ0n) is 10.0. The first kappa shape index (κ1) is 10.8. The third-order valence-electron chi connectivity index (χ3n) is 3.24. The fraction of sp³-hybridized carbons (Fsp3) is 0.133. The van der Waals surface area contributed by atoms with Gasteiger partial charge in [0.25, 0.3) is 0 Å². The molecule has 2 aromatic rings. The van der Waals surface area contributed by atoms with Gasteiger partial charge in [0.15, 0.2) is 0 Å². The van der Waals surface area contributed by atoms with Gasteiger partial charge < -0.3 is 10.1 Å². The van der Waals surface area contributed by atoms with Crippen molar-refractivity contribution >= 4 is 11.6 Å². The lowest BCUT2D eigenvalue weighted by atomic mass is 9.93. The molecule has 1 unspecified atom stereocenters. The Morgan fingerprint density at radius 3 is 2.50 bits per heavy atom. The summed E-state index contributed by atoms with van der Waals surface area (Å²) in [4.78, 5) is 12.0. The second-order valence-electron chi connectivity index (χ2n) is 4.28. The van der Waals surface area contributed by atoms with Crippen LogP contribution in [0.3, 0.4) is 0 Å². The van der Waals surface area contributed by atoms with Crippen LogP contribution in [0.15, 0.2) is 48.5 Å². The largest absolute Gasteiger partial charge is 0.497 e. The number of carbonyl (C=O) groups is 1. The number of amides is 1. The highest BCUT2D eigenvalue weighted by Gasteiger charge is 2.31. The lowest BCUT2D eigenvalue weighted by Crippen LogP contribution is -2.13. The highest BCUT2D eigenvalue weighted by Crippen LogP contribution is 2.37. The van der Waals surface area contributed by atoms with Crippen molar-refractivity contribution in [3.63, 3.8) is 0 Å². The van der Waals surface area contributed by atoms with Crippen molar-refractivity contribution in [3.8, 4) is 5.75 Å². The molecule has 3 rings (SSSR count). The van der Waals surface area contributed by atoms with Crippen molar-refractivity contribution in [3.05, 3.63) is 59.7 Å². The fourth-order valence-corrected chi connectivity index (χ4v) is 2.34. The first-order valence-corrected chi connectivity index (χ1v) is 5.83. The predicted octanol–water partition coefficient (Wildman–Crippen LogP) is 2.78. The molecular weight excluding hydrogens is 226 g/mol. The topological polar surface area (TPSA) is 38.3 Å². The Kier molecular flexibility index (Phi) is 2.52. The number of fused-ring (bicyclic) bond motifs is 1. The van der Waals surface area contributed by atoms with Gasteiger partial charge in [-0.1, -0.05) is 30.3 Å². The van der Waals surface area contributed by atoms with Gasteiger partial charge in [0, 0.05) is 5.69 Å². The van der Waals surface area contributed by atoms with Crippen LogP contribution < -0.4 is 10.1 Å². The van der Waals surface area contributed by atoms with Crippen molar-refractivity contribution in [2.24, 2.45) is 0 Å². The molecule has 1 aliphatic heterocycles. The minimum Gasteiger partial charge on any atom is -0.497 e. The quantitative estimate of drug-likeness (QED) is 0.875. The van der Waals surface area contributed by atoms with E-state index < -0.39 is 0 Å². The molecule has 0 aliphatic carbocycles.